The number of nitrogens with one attached hydrogen (secondary N) is 3. The summed E-state index contributed by atoms with van der Waals surface area (Å²) in [5, 5.41) is 7.60. The third kappa shape index (κ3) is 6.67. The largest absolute Gasteiger partial charge is 0.345 e. The van der Waals surface area contributed by atoms with Gasteiger partial charge in [0.1, 0.15) is 0 Å². The third-order valence-corrected chi connectivity index (χ3v) is 4.09. The molecule has 0 atom stereocenters. The lowest BCUT2D eigenvalue weighted by Gasteiger charge is -2.08. The normalized spacial score (nSPS) is 10.0. The van der Waals surface area contributed by atoms with Crippen LogP contribution in [0.3, 0.4) is 0 Å². The summed E-state index contributed by atoms with van der Waals surface area (Å²) in [6, 6.07) is 13.9. The summed E-state index contributed by atoms with van der Waals surface area (Å²) in [6.45, 7) is -0.390. The average molecular weight is 469 g/mol. The minimum absolute atomic E-state index is 0.179. The summed E-state index contributed by atoms with van der Waals surface area (Å²) < 4.78 is 1.68. The molecule has 130 valence electrons. The van der Waals surface area contributed by atoms with Gasteiger partial charge in [-0.2, -0.15) is 0 Å². The SMILES string of the molecule is O=C(CNC(=O)c1cccc(Br)c1)NCC(=O)Nc1ccc(Br)cc1. The van der Waals surface area contributed by atoms with E-state index in [4.69, 9.17) is 0 Å². The number of hydrogen-bond donors (Lipinski definition) is 3. The molecule has 0 saturated carbocycles. The van der Waals surface area contributed by atoms with Crippen LogP contribution in [0.1, 0.15) is 10.4 Å². The molecular weight excluding hydrogens is 454 g/mol. The molecule has 0 unspecified atom stereocenters. The topological polar surface area (TPSA) is 87.3 Å². The van der Waals surface area contributed by atoms with Crippen LogP contribution < -0.4 is 16.0 Å². The van der Waals surface area contributed by atoms with Crippen LogP contribution in [-0.2, 0) is 9.59 Å². The Labute approximate surface area is 161 Å². The summed E-state index contributed by atoms with van der Waals surface area (Å²) in [5.41, 5.74) is 1.07. The Bertz CT molecular complexity index is 779. The molecule has 25 heavy (non-hydrogen) atoms. The zero-order valence-electron chi connectivity index (χ0n) is 13.0. The minimum atomic E-state index is -0.450. The smallest absolute Gasteiger partial charge is 0.251 e. The van der Waals surface area contributed by atoms with E-state index in [1.54, 1.807) is 48.5 Å². The summed E-state index contributed by atoms with van der Waals surface area (Å²) in [7, 11) is 0. The Kier molecular flexibility index (Phi) is 7.15. The quantitative estimate of drug-likeness (QED) is 0.609. The first-order valence-corrected chi connectivity index (χ1v) is 8.88. The molecular formula is C17H15Br2N3O3. The van der Waals surface area contributed by atoms with Crippen molar-refractivity contribution >= 4 is 55.3 Å². The number of halogens is 2. The van der Waals surface area contributed by atoms with E-state index >= 15 is 0 Å². The molecule has 6 nitrogen and oxygen atoms in total. The molecule has 0 aliphatic carbocycles. The van der Waals surface area contributed by atoms with E-state index < -0.39 is 5.91 Å². The average Bonchev–Trinajstić information content (AvgIpc) is 2.60. The predicted molar refractivity (Wildman–Crippen MR) is 102 cm³/mol. The summed E-state index contributed by atoms with van der Waals surface area (Å²) in [5.74, 6) is -1.17. The first kappa shape index (κ1) is 19.1. The van der Waals surface area contributed by atoms with Gasteiger partial charge in [0.2, 0.25) is 11.8 Å². The van der Waals surface area contributed by atoms with Crippen molar-refractivity contribution in [3.05, 3.63) is 63.0 Å². The standard InChI is InChI=1S/C17H15Br2N3O3/c18-12-4-6-14(7-5-12)22-16(24)10-20-15(23)9-21-17(25)11-2-1-3-13(19)8-11/h1-8H,9-10H2,(H,20,23)(H,21,25)(H,22,24). The first-order chi connectivity index (χ1) is 11.9. The fourth-order valence-electron chi connectivity index (χ4n) is 1.87. The van der Waals surface area contributed by atoms with Crippen molar-refractivity contribution in [2.24, 2.45) is 0 Å². The molecule has 0 aliphatic heterocycles. The second-order valence-electron chi connectivity index (χ2n) is 5.02. The van der Waals surface area contributed by atoms with E-state index in [9.17, 15) is 14.4 Å². The number of anilines is 1. The maximum Gasteiger partial charge on any atom is 0.251 e. The van der Waals surface area contributed by atoms with E-state index in [-0.39, 0.29) is 24.9 Å². The van der Waals surface area contributed by atoms with Crippen molar-refractivity contribution in [1.82, 2.24) is 10.6 Å². The Morgan fingerprint density at radius 2 is 1.48 bits per heavy atom. The monoisotopic (exact) mass is 467 g/mol. The van der Waals surface area contributed by atoms with Gasteiger partial charge in [-0.25, -0.2) is 0 Å². The molecule has 2 aromatic carbocycles. The number of benzene rings is 2. The summed E-state index contributed by atoms with van der Waals surface area (Å²) in [4.78, 5) is 35.4. The number of carbonyl (C=O) groups is 3. The molecule has 3 amide bonds. The van der Waals surface area contributed by atoms with Crippen LogP contribution >= 0.6 is 31.9 Å². The van der Waals surface area contributed by atoms with Gasteiger partial charge in [0.15, 0.2) is 0 Å². The zero-order chi connectivity index (χ0) is 18.2. The fourth-order valence-corrected chi connectivity index (χ4v) is 2.54. The highest BCUT2D eigenvalue weighted by Crippen LogP contribution is 2.13. The second-order valence-corrected chi connectivity index (χ2v) is 6.86. The molecule has 0 aliphatic rings. The number of rotatable bonds is 6. The molecule has 8 heteroatoms. The number of hydrogen-bond acceptors (Lipinski definition) is 3. The van der Waals surface area contributed by atoms with Crippen molar-refractivity contribution in [3.63, 3.8) is 0 Å². The van der Waals surface area contributed by atoms with Crippen LogP contribution in [0.4, 0.5) is 5.69 Å². The molecule has 0 radical (unpaired) electrons. The van der Waals surface area contributed by atoms with Crippen molar-refractivity contribution < 1.29 is 14.4 Å². The maximum absolute atomic E-state index is 11.9. The van der Waals surface area contributed by atoms with Crippen molar-refractivity contribution in [1.29, 1.82) is 0 Å². The second kappa shape index (κ2) is 9.33. The molecule has 2 aromatic rings. The lowest BCUT2D eigenvalue weighted by molar-refractivity contribution is -0.123. The highest BCUT2D eigenvalue weighted by atomic mass is 79.9. The highest BCUT2D eigenvalue weighted by Gasteiger charge is 2.09. The minimum Gasteiger partial charge on any atom is -0.345 e. The highest BCUT2D eigenvalue weighted by molar-refractivity contribution is 9.10. The van der Waals surface area contributed by atoms with E-state index in [2.05, 4.69) is 47.8 Å². The van der Waals surface area contributed by atoms with Gasteiger partial charge < -0.3 is 16.0 Å². The summed E-state index contributed by atoms with van der Waals surface area (Å²) >= 11 is 6.58. The molecule has 0 bridgehead atoms. The van der Waals surface area contributed by atoms with E-state index in [0.29, 0.717) is 11.3 Å². The first-order valence-electron chi connectivity index (χ1n) is 7.30. The Morgan fingerprint density at radius 3 is 2.16 bits per heavy atom. The van der Waals surface area contributed by atoms with Crippen LogP contribution in [0.5, 0.6) is 0 Å². The molecule has 0 fully saturated rings. The van der Waals surface area contributed by atoms with Crippen LogP contribution in [-0.4, -0.2) is 30.8 Å². The Morgan fingerprint density at radius 1 is 0.800 bits per heavy atom. The van der Waals surface area contributed by atoms with Gasteiger partial charge in [0.25, 0.3) is 5.91 Å². The van der Waals surface area contributed by atoms with Gasteiger partial charge in [-0.3, -0.25) is 14.4 Å². The van der Waals surface area contributed by atoms with Crippen molar-refractivity contribution in [2.75, 3.05) is 18.4 Å². The predicted octanol–water partition coefficient (Wildman–Crippen LogP) is 2.70. The van der Waals surface area contributed by atoms with Crippen molar-refractivity contribution in [3.8, 4) is 0 Å². The molecule has 0 heterocycles. The molecule has 3 N–H and O–H groups in total. The number of amides is 3. The number of carbonyl (C=O) groups excluding carboxylic acids is 3. The van der Waals surface area contributed by atoms with Crippen LogP contribution in [0.15, 0.2) is 57.5 Å². The van der Waals surface area contributed by atoms with Crippen molar-refractivity contribution in [2.45, 2.75) is 0 Å². The third-order valence-electron chi connectivity index (χ3n) is 3.07. The van der Waals surface area contributed by atoms with E-state index in [1.807, 2.05) is 0 Å². The molecule has 0 spiro atoms. The van der Waals surface area contributed by atoms with Gasteiger partial charge in [-0.1, -0.05) is 37.9 Å². The fraction of sp³-hybridized carbons (Fsp3) is 0.118. The molecule has 2 rings (SSSR count). The lowest BCUT2D eigenvalue weighted by Crippen LogP contribution is -2.40. The van der Waals surface area contributed by atoms with Gasteiger partial charge in [-0.15, -0.1) is 0 Å². The lowest BCUT2D eigenvalue weighted by atomic mass is 10.2. The van der Waals surface area contributed by atoms with Crippen LogP contribution in [0.2, 0.25) is 0 Å². The Hall–Kier alpha value is -2.19. The molecule has 0 aromatic heterocycles. The van der Waals surface area contributed by atoms with Gasteiger partial charge >= 0.3 is 0 Å². The van der Waals surface area contributed by atoms with Gasteiger partial charge in [0.05, 0.1) is 13.1 Å². The summed E-state index contributed by atoms with van der Waals surface area (Å²) in [6.07, 6.45) is 0. The van der Waals surface area contributed by atoms with E-state index in [1.165, 1.54) is 0 Å². The van der Waals surface area contributed by atoms with Gasteiger partial charge in [-0.05, 0) is 42.5 Å². The zero-order valence-corrected chi connectivity index (χ0v) is 16.2. The van der Waals surface area contributed by atoms with Crippen LogP contribution in [0.25, 0.3) is 0 Å². The molecule has 0 saturated heterocycles. The van der Waals surface area contributed by atoms with E-state index in [0.717, 1.165) is 8.95 Å². The maximum atomic E-state index is 11.9. The van der Waals surface area contributed by atoms with Crippen LogP contribution in [0, 0.1) is 0 Å². The van der Waals surface area contributed by atoms with Gasteiger partial charge in [0, 0.05) is 20.2 Å². The Balaban J connectivity index is 1.72.